The molecule has 1 aliphatic rings. The Morgan fingerprint density at radius 3 is 2.76 bits per heavy atom. The molecule has 0 aliphatic carbocycles. The van der Waals surface area contributed by atoms with Crippen LogP contribution in [-0.2, 0) is 6.54 Å². The lowest BCUT2D eigenvalue weighted by Gasteiger charge is -2.19. The van der Waals surface area contributed by atoms with Crippen molar-refractivity contribution in [2.45, 2.75) is 32.2 Å². The molecular formula is C14H15ClN2. The fraction of sp³-hybridized carbons (Fsp3) is 0.357. The molecule has 1 atom stereocenters. The summed E-state index contributed by atoms with van der Waals surface area (Å²) in [6, 6.07) is 7.89. The van der Waals surface area contributed by atoms with E-state index in [2.05, 4.69) is 17.7 Å². The number of rotatable bonds is 1. The first-order valence-corrected chi connectivity index (χ1v) is 6.45. The molecule has 0 spiro atoms. The lowest BCUT2D eigenvalue weighted by Crippen LogP contribution is -2.12. The molecule has 0 unspecified atom stereocenters. The highest BCUT2D eigenvalue weighted by atomic mass is 35.5. The second-order valence-electron chi connectivity index (χ2n) is 4.73. The lowest BCUT2D eigenvalue weighted by molar-refractivity contribution is 0.463. The number of benzene rings is 1. The number of hydrogen-bond donors (Lipinski definition) is 0. The van der Waals surface area contributed by atoms with E-state index in [0.717, 1.165) is 22.8 Å². The molecule has 3 heteroatoms. The predicted octanol–water partition coefficient (Wildman–Crippen LogP) is 4.10. The van der Waals surface area contributed by atoms with Gasteiger partial charge in [0.2, 0.25) is 0 Å². The summed E-state index contributed by atoms with van der Waals surface area (Å²) < 4.78 is 2.29. The molecule has 0 N–H and O–H groups in total. The van der Waals surface area contributed by atoms with Crippen LogP contribution in [0.15, 0.2) is 30.5 Å². The minimum atomic E-state index is 0.574. The van der Waals surface area contributed by atoms with Crippen LogP contribution in [0.1, 0.15) is 31.5 Å². The lowest BCUT2D eigenvalue weighted by atomic mass is 10.0. The van der Waals surface area contributed by atoms with Crippen molar-refractivity contribution in [3.05, 3.63) is 41.3 Å². The van der Waals surface area contributed by atoms with E-state index >= 15 is 0 Å². The second kappa shape index (κ2) is 4.19. The van der Waals surface area contributed by atoms with Crippen molar-refractivity contribution < 1.29 is 0 Å². The maximum atomic E-state index is 5.90. The van der Waals surface area contributed by atoms with Gasteiger partial charge in [-0.2, -0.15) is 0 Å². The smallest absolute Gasteiger partial charge is 0.112 e. The third-order valence-corrected chi connectivity index (χ3v) is 3.68. The third kappa shape index (κ3) is 1.98. The van der Waals surface area contributed by atoms with Crippen molar-refractivity contribution in [3.63, 3.8) is 0 Å². The van der Waals surface area contributed by atoms with E-state index in [4.69, 9.17) is 16.6 Å². The molecule has 3 rings (SSSR count). The van der Waals surface area contributed by atoms with Crippen molar-refractivity contribution in [2.24, 2.45) is 0 Å². The van der Waals surface area contributed by atoms with Gasteiger partial charge in [0, 0.05) is 29.2 Å². The molecule has 2 nitrogen and oxygen atoms in total. The van der Waals surface area contributed by atoms with Gasteiger partial charge in [-0.05, 0) is 25.0 Å². The van der Waals surface area contributed by atoms with Gasteiger partial charge in [0.15, 0.2) is 0 Å². The quantitative estimate of drug-likeness (QED) is 0.741. The Kier molecular flexibility index (Phi) is 2.67. The van der Waals surface area contributed by atoms with Crippen molar-refractivity contribution in [1.29, 1.82) is 0 Å². The zero-order valence-corrected chi connectivity index (χ0v) is 10.6. The monoisotopic (exact) mass is 246 g/mol. The summed E-state index contributed by atoms with van der Waals surface area (Å²) in [7, 11) is 0. The number of halogens is 1. The van der Waals surface area contributed by atoms with Gasteiger partial charge in [-0.15, -0.1) is 0 Å². The summed E-state index contributed by atoms with van der Waals surface area (Å²) in [5.41, 5.74) is 2.20. The fourth-order valence-electron chi connectivity index (χ4n) is 2.46. The third-order valence-electron chi connectivity index (χ3n) is 3.42. The molecular weight excluding hydrogens is 232 g/mol. The number of nitrogens with zero attached hydrogens (tertiary/aromatic N) is 2. The predicted molar refractivity (Wildman–Crippen MR) is 70.3 cm³/mol. The molecule has 0 saturated heterocycles. The highest BCUT2D eigenvalue weighted by Gasteiger charge is 2.19. The molecule has 1 aromatic carbocycles. The minimum absolute atomic E-state index is 0.574. The Bertz CT molecular complexity index is 528. The van der Waals surface area contributed by atoms with Gasteiger partial charge in [0.05, 0.1) is 5.69 Å². The molecule has 17 heavy (non-hydrogen) atoms. The molecule has 0 bridgehead atoms. The van der Waals surface area contributed by atoms with Crippen molar-refractivity contribution >= 4 is 11.6 Å². The van der Waals surface area contributed by atoms with E-state index in [1.165, 1.54) is 18.7 Å². The van der Waals surface area contributed by atoms with Gasteiger partial charge in [0.25, 0.3) is 0 Å². The van der Waals surface area contributed by atoms with Crippen LogP contribution in [0.4, 0.5) is 0 Å². The summed E-state index contributed by atoms with van der Waals surface area (Å²) in [6.07, 6.45) is 4.66. The normalized spacial score (nSPS) is 19.1. The van der Waals surface area contributed by atoms with E-state index in [1.807, 2.05) is 24.3 Å². The molecule has 0 fully saturated rings. The van der Waals surface area contributed by atoms with Gasteiger partial charge in [-0.3, -0.25) is 0 Å². The molecule has 88 valence electrons. The Morgan fingerprint density at radius 1 is 1.29 bits per heavy atom. The van der Waals surface area contributed by atoms with Gasteiger partial charge in [-0.25, -0.2) is 4.98 Å². The molecule has 0 saturated carbocycles. The van der Waals surface area contributed by atoms with Crippen LogP contribution in [0.5, 0.6) is 0 Å². The number of hydrogen-bond acceptors (Lipinski definition) is 1. The topological polar surface area (TPSA) is 17.8 Å². The summed E-state index contributed by atoms with van der Waals surface area (Å²) in [5, 5.41) is 0.770. The van der Waals surface area contributed by atoms with Crippen molar-refractivity contribution in [1.82, 2.24) is 9.55 Å². The average Bonchev–Trinajstić information content (AvgIpc) is 2.75. The summed E-state index contributed by atoms with van der Waals surface area (Å²) in [5.74, 6) is 1.80. The summed E-state index contributed by atoms with van der Waals surface area (Å²) in [4.78, 5) is 4.75. The molecule has 1 aliphatic heterocycles. The van der Waals surface area contributed by atoms with Crippen LogP contribution in [-0.4, -0.2) is 9.55 Å². The highest BCUT2D eigenvalue weighted by molar-refractivity contribution is 6.30. The number of fused-ring (bicyclic) bond motifs is 1. The minimum Gasteiger partial charge on any atom is -0.334 e. The Morgan fingerprint density at radius 2 is 2.06 bits per heavy atom. The molecule has 2 heterocycles. The van der Waals surface area contributed by atoms with E-state index in [0.29, 0.717) is 5.92 Å². The zero-order valence-electron chi connectivity index (χ0n) is 9.86. The Labute approximate surface area is 106 Å². The largest absolute Gasteiger partial charge is 0.334 e. The van der Waals surface area contributed by atoms with Crippen molar-refractivity contribution in [3.8, 4) is 11.3 Å². The molecule has 0 amide bonds. The number of imidazole rings is 1. The first-order valence-electron chi connectivity index (χ1n) is 6.07. The maximum absolute atomic E-state index is 5.90. The first kappa shape index (κ1) is 10.8. The van der Waals surface area contributed by atoms with Gasteiger partial charge in [0.1, 0.15) is 5.82 Å². The summed E-state index contributed by atoms with van der Waals surface area (Å²) in [6.45, 7) is 3.35. The van der Waals surface area contributed by atoms with Crippen LogP contribution < -0.4 is 0 Å². The fourth-order valence-corrected chi connectivity index (χ4v) is 2.59. The van der Waals surface area contributed by atoms with E-state index in [9.17, 15) is 0 Å². The highest BCUT2D eigenvalue weighted by Crippen LogP contribution is 2.29. The van der Waals surface area contributed by atoms with Gasteiger partial charge < -0.3 is 4.57 Å². The molecule has 0 radical (unpaired) electrons. The second-order valence-corrected chi connectivity index (χ2v) is 5.16. The SMILES string of the molecule is C[C@@H]1CCCn2cc(-c3ccc(Cl)cc3)nc21. The number of aryl methyl sites for hydroxylation is 1. The average molecular weight is 247 g/mol. The van der Waals surface area contributed by atoms with Crippen LogP contribution in [0.3, 0.4) is 0 Å². The van der Waals surface area contributed by atoms with E-state index < -0.39 is 0 Å². The first-order chi connectivity index (χ1) is 8.24. The van der Waals surface area contributed by atoms with Crippen LogP contribution in [0.25, 0.3) is 11.3 Å². The Hall–Kier alpha value is -1.28. The Balaban J connectivity index is 2.02. The number of aromatic nitrogens is 2. The molecule has 1 aromatic heterocycles. The van der Waals surface area contributed by atoms with Crippen LogP contribution in [0.2, 0.25) is 5.02 Å². The van der Waals surface area contributed by atoms with Gasteiger partial charge in [-0.1, -0.05) is 30.7 Å². The maximum Gasteiger partial charge on any atom is 0.112 e. The standard InChI is InChI=1S/C14H15ClN2/c1-10-3-2-8-17-9-13(16-14(10)17)11-4-6-12(15)7-5-11/h4-7,9-10H,2-3,8H2,1H3/t10-/m1/s1. The van der Waals surface area contributed by atoms with Gasteiger partial charge >= 0.3 is 0 Å². The molecule has 2 aromatic rings. The van der Waals surface area contributed by atoms with E-state index in [1.54, 1.807) is 0 Å². The summed E-state index contributed by atoms with van der Waals surface area (Å²) >= 11 is 5.90. The zero-order chi connectivity index (χ0) is 11.8. The van der Waals surface area contributed by atoms with E-state index in [-0.39, 0.29) is 0 Å². The van der Waals surface area contributed by atoms with Crippen LogP contribution in [0, 0.1) is 0 Å². The van der Waals surface area contributed by atoms with Crippen molar-refractivity contribution in [2.75, 3.05) is 0 Å². The van der Waals surface area contributed by atoms with Crippen LogP contribution >= 0.6 is 11.6 Å².